The summed E-state index contributed by atoms with van der Waals surface area (Å²) in [6.07, 6.45) is 2.19. The first kappa shape index (κ1) is 27.8. The summed E-state index contributed by atoms with van der Waals surface area (Å²) >= 11 is 0. The Balaban J connectivity index is 1.15. The van der Waals surface area contributed by atoms with Gasteiger partial charge in [0.05, 0.1) is 22.2 Å². The number of nitrogens with zero attached hydrogens (tertiary/aromatic N) is 5. The smallest absolute Gasteiger partial charge is 0.164 e. The molecule has 0 saturated heterocycles. The maximum atomic E-state index is 4.98. The molecule has 5 heteroatoms. The van der Waals surface area contributed by atoms with Gasteiger partial charge in [0.15, 0.2) is 17.5 Å². The van der Waals surface area contributed by atoms with Crippen molar-refractivity contribution >= 4 is 32.7 Å². The van der Waals surface area contributed by atoms with E-state index in [4.69, 9.17) is 15.0 Å². The topological polar surface area (TPSA) is 48.5 Å². The zero-order valence-corrected chi connectivity index (χ0v) is 27.2. The van der Waals surface area contributed by atoms with Crippen LogP contribution >= 0.6 is 0 Å². The van der Waals surface area contributed by atoms with Gasteiger partial charge in [-0.3, -0.25) is 0 Å². The third-order valence-corrected chi connectivity index (χ3v) is 10.2. The Morgan fingerprint density at radius 1 is 0.490 bits per heavy atom. The minimum atomic E-state index is -0.0955. The number of hydrogen-bond acceptors (Lipinski definition) is 3. The molecule has 0 amide bonds. The largest absolute Gasteiger partial charge is 0.317 e. The second kappa shape index (κ2) is 10.3. The molecule has 3 aromatic heterocycles. The van der Waals surface area contributed by atoms with E-state index in [1.807, 2.05) is 60.7 Å². The van der Waals surface area contributed by atoms with Crippen LogP contribution in [0.1, 0.15) is 25.0 Å². The van der Waals surface area contributed by atoms with Gasteiger partial charge in [-0.05, 0) is 47.5 Å². The molecule has 10 rings (SSSR count). The van der Waals surface area contributed by atoms with Gasteiger partial charge in [0, 0.05) is 50.1 Å². The fourth-order valence-electron chi connectivity index (χ4n) is 7.84. The summed E-state index contributed by atoms with van der Waals surface area (Å²) in [4.78, 5) is 14.8. The van der Waals surface area contributed by atoms with Gasteiger partial charge in [-0.15, -0.1) is 0 Å². The van der Waals surface area contributed by atoms with E-state index in [1.54, 1.807) is 0 Å². The highest BCUT2D eigenvalue weighted by Gasteiger charge is 2.35. The van der Waals surface area contributed by atoms with E-state index in [-0.39, 0.29) is 5.41 Å². The Bertz CT molecular complexity index is 2680. The molecule has 0 N–H and O–H groups in total. The molecule has 232 valence electrons. The van der Waals surface area contributed by atoms with Crippen molar-refractivity contribution in [3.05, 3.63) is 163 Å². The number of hydrogen-bond donors (Lipinski definition) is 0. The second-order valence-electron chi connectivity index (χ2n) is 13.3. The molecule has 1 aliphatic rings. The molecule has 0 atom stereocenters. The fraction of sp³-hybridized carbons (Fsp3) is 0.0682. The molecular weight excluding hydrogens is 599 g/mol. The van der Waals surface area contributed by atoms with E-state index in [0.29, 0.717) is 17.5 Å². The molecule has 49 heavy (non-hydrogen) atoms. The molecule has 0 saturated carbocycles. The molecule has 0 fully saturated rings. The normalized spacial score (nSPS) is 13.3. The molecule has 4 heterocycles. The van der Waals surface area contributed by atoms with Crippen molar-refractivity contribution in [2.45, 2.75) is 19.3 Å². The lowest BCUT2D eigenvalue weighted by Gasteiger charge is -2.34. The molecule has 1 aliphatic heterocycles. The Morgan fingerprint density at radius 2 is 1.08 bits per heavy atom. The van der Waals surface area contributed by atoms with Crippen LogP contribution in [0, 0.1) is 0 Å². The summed E-state index contributed by atoms with van der Waals surface area (Å²) in [5.41, 5.74) is 11.5. The van der Waals surface area contributed by atoms with Gasteiger partial charge in [-0.1, -0.05) is 123 Å². The third kappa shape index (κ3) is 4.09. The quantitative estimate of drug-likeness (QED) is 0.195. The zero-order chi connectivity index (χ0) is 32.7. The molecule has 6 aromatic carbocycles. The number of benzene rings is 6. The van der Waals surface area contributed by atoms with E-state index in [2.05, 4.69) is 114 Å². The molecule has 5 nitrogen and oxygen atoms in total. The predicted molar refractivity (Wildman–Crippen MR) is 199 cm³/mol. The maximum absolute atomic E-state index is 4.98. The summed E-state index contributed by atoms with van der Waals surface area (Å²) in [7, 11) is 0. The number of aromatic nitrogens is 5. The molecule has 0 aliphatic carbocycles. The summed E-state index contributed by atoms with van der Waals surface area (Å²) in [5, 5.41) is 3.81. The van der Waals surface area contributed by atoms with Gasteiger partial charge in [0.2, 0.25) is 0 Å². The van der Waals surface area contributed by atoms with E-state index < -0.39 is 0 Å². The average molecular weight is 630 g/mol. The first-order valence-corrected chi connectivity index (χ1v) is 16.7. The number of fused-ring (bicyclic) bond motifs is 7. The third-order valence-electron chi connectivity index (χ3n) is 10.2. The standard InChI is InChI=1S/C44H31N5/c1-44(2)34-20-9-10-22-37(34)49-38-24-23-36-32(39(38)33-19-12-21-35(44)40(33)49)25-26-48(36)31-18-11-17-30(27-31)43-46-41(28-13-5-3-6-14-28)45-42(47-43)29-15-7-4-8-16-29/h3-27H,1-2H3. The van der Waals surface area contributed by atoms with Gasteiger partial charge in [0.1, 0.15) is 0 Å². The highest BCUT2D eigenvalue weighted by molar-refractivity contribution is 6.22. The molecule has 0 bridgehead atoms. The predicted octanol–water partition coefficient (Wildman–Crippen LogP) is 10.6. The SMILES string of the molecule is CC1(C)c2ccccc2-n2c3ccc4c(ccn4-c4cccc(-c5nc(-c6ccccc6)nc(-c6ccccc6)n5)c4)c3c3cccc1c32. The molecule has 0 spiro atoms. The van der Waals surface area contributed by atoms with Crippen molar-refractivity contribution in [1.29, 1.82) is 0 Å². The van der Waals surface area contributed by atoms with Crippen molar-refractivity contribution in [2.75, 3.05) is 0 Å². The molecule has 9 aromatic rings. The minimum Gasteiger partial charge on any atom is -0.317 e. The lowest BCUT2D eigenvalue weighted by Crippen LogP contribution is -2.26. The van der Waals surface area contributed by atoms with Crippen LogP contribution in [0.2, 0.25) is 0 Å². The Hall–Kier alpha value is -6.33. The van der Waals surface area contributed by atoms with Gasteiger partial charge in [-0.25, -0.2) is 15.0 Å². The zero-order valence-electron chi connectivity index (χ0n) is 27.2. The summed E-state index contributed by atoms with van der Waals surface area (Å²) < 4.78 is 4.76. The second-order valence-corrected chi connectivity index (χ2v) is 13.3. The van der Waals surface area contributed by atoms with E-state index in [1.165, 1.54) is 44.0 Å². The van der Waals surface area contributed by atoms with Crippen molar-refractivity contribution in [3.8, 4) is 45.5 Å². The van der Waals surface area contributed by atoms with Gasteiger partial charge >= 0.3 is 0 Å². The summed E-state index contributed by atoms with van der Waals surface area (Å²) in [6.45, 7) is 4.69. The van der Waals surface area contributed by atoms with Gasteiger partial charge < -0.3 is 9.13 Å². The van der Waals surface area contributed by atoms with Crippen LogP contribution in [0.15, 0.2) is 152 Å². The minimum absolute atomic E-state index is 0.0955. The Kier molecular flexibility index (Phi) is 5.85. The lowest BCUT2D eigenvalue weighted by atomic mass is 9.75. The lowest BCUT2D eigenvalue weighted by molar-refractivity contribution is 0.630. The van der Waals surface area contributed by atoms with Crippen LogP contribution in [0.25, 0.3) is 78.2 Å². The molecule has 0 radical (unpaired) electrons. The Morgan fingerprint density at radius 3 is 1.82 bits per heavy atom. The first-order chi connectivity index (χ1) is 24.1. The van der Waals surface area contributed by atoms with Crippen LogP contribution in [0.5, 0.6) is 0 Å². The van der Waals surface area contributed by atoms with Crippen LogP contribution in [0.3, 0.4) is 0 Å². The average Bonchev–Trinajstić information content (AvgIpc) is 3.74. The van der Waals surface area contributed by atoms with Crippen molar-refractivity contribution in [3.63, 3.8) is 0 Å². The van der Waals surface area contributed by atoms with Crippen molar-refractivity contribution < 1.29 is 0 Å². The van der Waals surface area contributed by atoms with E-state index >= 15 is 0 Å². The van der Waals surface area contributed by atoms with E-state index in [9.17, 15) is 0 Å². The summed E-state index contributed by atoms with van der Waals surface area (Å²) in [5.74, 6) is 1.95. The summed E-state index contributed by atoms with van der Waals surface area (Å²) in [6, 6.07) is 51.2. The van der Waals surface area contributed by atoms with E-state index in [0.717, 1.165) is 27.9 Å². The van der Waals surface area contributed by atoms with Crippen LogP contribution in [-0.4, -0.2) is 24.1 Å². The first-order valence-electron chi connectivity index (χ1n) is 16.7. The van der Waals surface area contributed by atoms with Gasteiger partial charge in [-0.2, -0.15) is 0 Å². The van der Waals surface area contributed by atoms with Crippen LogP contribution in [0.4, 0.5) is 0 Å². The maximum Gasteiger partial charge on any atom is 0.164 e. The van der Waals surface area contributed by atoms with Crippen molar-refractivity contribution in [2.24, 2.45) is 0 Å². The molecular formula is C44H31N5. The highest BCUT2D eigenvalue weighted by atomic mass is 15.0. The monoisotopic (exact) mass is 629 g/mol. The van der Waals surface area contributed by atoms with Crippen molar-refractivity contribution in [1.82, 2.24) is 24.1 Å². The highest BCUT2D eigenvalue weighted by Crippen LogP contribution is 2.48. The molecule has 0 unspecified atom stereocenters. The van der Waals surface area contributed by atoms with Crippen LogP contribution < -0.4 is 0 Å². The van der Waals surface area contributed by atoms with Crippen LogP contribution in [-0.2, 0) is 5.41 Å². The van der Waals surface area contributed by atoms with Gasteiger partial charge in [0.25, 0.3) is 0 Å². The number of rotatable bonds is 4. The fourth-order valence-corrected chi connectivity index (χ4v) is 7.84. The number of para-hydroxylation sites is 2. The Labute approximate surface area is 283 Å².